The quantitative estimate of drug-likeness (QED) is 0.786. The molecule has 0 amide bonds. The maximum atomic E-state index is 10.9. The highest BCUT2D eigenvalue weighted by atomic mass is 32.2. The maximum Gasteiger partial charge on any atom is 0.209 e. The van der Waals surface area contributed by atoms with Crippen LogP contribution in [0, 0.1) is 17.2 Å². The van der Waals surface area contributed by atoms with Crippen LogP contribution >= 0.6 is 0 Å². The second-order valence-corrected chi connectivity index (χ2v) is 6.64. The Labute approximate surface area is 125 Å². The molecule has 21 heavy (non-hydrogen) atoms. The fraction of sp³-hybridized carbons (Fsp3) is 0.500. The number of nitrogens with zero attached hydrogens (tertiary/aromatic N) is 1. The second kappa shape index (κ2) is 7.86. The second-order valence-electron chi connectivity index (χ2n) is 4.91. The minimum Gasteiger partial charge on any atom is -0.497 e. The predicted molar refractivity (Wildman–Crippen MR) is 79.6 cm³/mol. The van der Waals surface area contributed by atoms with Crippen LogP contribution in [-0.4, -0.2) is 27.9 Å². The molecule has 0 fully saturated rings. The average Bonchev–Trinajstić information content (AvgIpc) is 2.44. The summed E-state index contributed by atoms with van der Waals surface area (Å²) in [5, 5.41) is 13.9. The normalized spacial score (nSPS) is 12.5. The van der Waals surface area contributed by atoms with Gasteiger partial charge < -0.3 is 9.47 Å². The summed E-state index contributed by atoms with van der Waals surface area (Å²) in [6.45, 7) is 2.38. The Morgan fingerprint density at radius 1 is 1.29 bits per heavy atom. The highest BCUT2D eigenvalue weighted by Crippen LogP contribution is 2.22. The summed E-state index contributed by atoms with van der Waals surface area (Å²) in [5.74, 6) is 1.28. The molecule has 0 spiro atoms. The van der Waals surface area contributed by atoms with Gasteiger partial charge in [-0.2, -0.15) is 5.26 Å². The minimum absolute atomic E-state index is 0.0219. The highest BCUT2D eigenvalue weighted by molar-refractivity contribution is 7.89. The van der Waals surface area contributed by atoms with Gasteiger partial charge in [-0.05, 0) is 30.9 Å². The Morgan fingerprint density at radius 2 is 1.95 bits per heavy atom. The molecule has 1 unspecified atom stereocenters. The molecule has 0 bridgehead atoms. The molecule has 0 aliphatic heterocycles. The van der Waals surface area contributed by atoms with E-state index in [-0.39, 0.29) is 11.7 Å². The van der Waals surface area contributed by atoms with Gasteiger partial charge in [0.25, 0.3) is 0 Å². The average molecular weight is 312 g/mol. The summed E-state index contributed by atoms with van der Waals surface area (Å²) >= 11 is 0. The Morgan fingerprint density at radius 3 is 2.52 bits per heavy atom. The summed E-state index contributed by atoms with van der Waals surface area (Å²) in [5.41, 5.74) is 0.464. The first-order valence-corrected chi connectivity index (χ1v) is 8.28. The lowest BCUT2D eigenvalue weighted by Gasteiger charge is -2.12. The van der Waals surface area contributed by atoms with Gasteiger partial charge in [-0.3, -0.25) is 0 Å². The van der Waals surface area contributed by atoms with Crippen molar-refractivity contribution in [3.05, 3.63) is 23.8 Å². The van der Waals surface area contributed by atoms with E-state index in [4.69, 9.17) is 19.9 Å². The largest absolute Gasteiger partial charge is 0.497 e. The van der Waals surface area contributed by atoms with E-state index >= 15 is 0 Å². The van der Waals surface area contributed by atoms with Gasteiger partial charge in [0.05, 0.1) is 31.1 Å². The van der Waals surface area contributed by atoms with Crippen LogP contribution < -0.4 is 14.6 Å². The van der Waals surface area contributed by atoms with Gasteiger partial charge in [-0.1, -0.05) is 6.92 Å². The lowest BCUT2D eigenvalue weighted by atomic mass is 10.1. The van der Waals surface area contributed by atoms with Gasteiger partial charge in [-0.15, -0.1) is 0 Å². The van der Waals surface area contributed by atoms with E-state index < -0.39 is 10.0 Å². The Hall–Kier alpha value is -1.78. The van der Waals surface area contributed by atoms with E-state index in [0.29, 0.717) is 36.5 Å². The molecule has 6 nitrogen and oxygen atoms in total. The zero-order valence-electron chi connectivity index (χ0n) is 12.2. The van der Waals surface area contributed by atoms with E-state index in [9.17, 15) is 8.42 Å². The molecule has 0 heterocycles. The Kier molecular flexibility index (Phi) is 6.46. The van der Waals surface area contributed by atoms with Gasteiger partial charge in [0.15, 0.2) is 0 Å². The van der Waals surface area contributed by atoms with Crippen LogP contribution in [-0.2, 0) is 10.0 Å². The number of primary sulfonamides is 1. The smallest absolute Gasteiger partial charge is 0.209 e. The molecule has 7 heteroatoms. The van der Waals surface area contributed by atoms with Crippen molar-refractivity contribution in [2.45, 2.75) is 19.8 Å². The van der Waals surface area contributed by atoms with Gasteiger partial charge in [0.2, 0.25) is 10.0 Å². The number of methoxy groups -OCH3 is 1. The standard InChI is InChI=1S/C14H20N2O4S/c1-11(4-6-21(16,17)18)3-5-20-14-8-12(10-15)7-13(9-14)19-2/h7-9,11H,3-6H2,1-2H3,(H2,16,17,18). The highest BCUT2D eigenvalue weighted by Gasteiger charge is 2.09. The van der Waals surface area contributed by atoms with Gasteiger partial charge in [0, 0.05) is 6.07 Å². The van der Waals surface area contributed by atoms with Crippen LogP contribution in [0.2, 0.25) is 0 Å². The number of sulfonamides is 1. The monoisotopic (exact) mass is 312 g/mol. The number of ether oxygens (including phenoxy) is 2. The summed E-state index contributed by atoms with van der Waals surface area (Å²) in [7, 11) is -1.88. The van der Waals surface area contributed by atoms with Gasteiger partial charge in [0.1, 0.15) is 11.5 Å². The van der Waals surface area contributed by atoms with Crippen molar-refractivity contribution in [3.8, 4) is 17.6 Å². The molecule has 0 radical (unpaired) electrons. The number of nitriles is 1. The van der Waals surface area contributed by atoms with Crippen molar-refractivity contribution < 1.29 is 17.9 Å². The van der Waals surface area contributed by atoms with Crippen molar-refractivity contribution in [3.63, 3.8) is 0 Å². The molecule has 2 N–H and O–H groups in total. The summed E-state index contributed by atoms with van der Waals surface area (Å²) in [6.07, 6.45) is 1.21. The topological polar surface area (TPSA) is 102 Å². The third-order valence-electron chi connectivity index (χ3n) is 3.02. The molecule has 1 aromatic rings. The van der Waals surface area contributed by atoms with Crippen molar-refractivity contribution >= 4 is 10.0 Å². The molecular weight excluding hydrogens is 292 g/mol. The van der Waals surface area contributed by atoms with Gasteiger partial charge >= 0.3 is 0 Å². The summed E-state index contributed by atoms with van der Waals surface area (Å²) in [4.78, 5) is 0. The van der Waals surface area contributed by atoms with Crippen molar-refractivity contribution in [1.29, 1.82) is 5.26 Å². The van der Waals surface area contributed by atoms with Crippen LogP contribution in [0.4, 0.5) is 0 Å². The summed E-state index contributed by atoms with van der Waals surface area (Å²) < 4.78 is 32.4. The zero-order chi connectivity index (χ0) is 15.9. The van der Waals surface area contributed by atoms with E-state index in [1.165, 1.54) is 7.11 Å². The fourth-order valence-corrected chi connectivity index (χ4v) is 2.46. The van der Waals surface area contributed by atoms with Crippen LogP contribution in [0.5, 0.6) is 11.5 Å². The van der Waals surface area contributed by atoms with Gasteiger partial charge in [-0.25, -0.2) is 13.6 Å². The molecule has 0 aromatic heterocycles. The Balaban J connectivity index is 2.47. The first kappa shape index (κ1) is 17.3. The number of rotatable bonds is 8. The number of hydrogen-bond acceptors (Lipinski definition) is 5. The molecule has 0 saturated heterocycles. The van der Waals surface area contributed by atoms with E-state index in [2.05, 4.69) is 0 Å². The first-order chi connectivity index (χ1) is 9.84. The van der Waals surface area contributed by atoms with E-state index in [1.54, 1.807) is 18.2 Å². The lowest BCUT2D eigenvalue weighted by Crippen LogP contribution is -2.18. The predicted octanol–water partition coefficient (Wildman–Crippen LogP) is 1.65. The van der Waals surface area contributed by atoms with Crippen LogP contribution in [0.1, 0.15) is 25.3 Å². The van der Waals surface area contributed by atoms with E-state index in [0.717, 1.165) is 0 Å². The maximum absolute atomic E-state index is 10.9. The molecule has 1 aromatic carbocycles. The summed E-state index contributed by atoms with van der Waals surface area (Å²) in [6, 6.07) is 7.00. The Bertz CT molecular complexity index is 608. The van der Waals surface area contributed by atoms with Crippen LogP contribution in [0.25, 0.3) is 0 Å². The van der Waals surface area contributed by atoms with Crippen molar-refractivity contribution in [1.82, 2.24) is 0 Å². The number of nitrogens with two attached hydrogens (primary N) is 1. The number of hydrogen-bond donors (Lipinski definition) is 1. The fourth-order valence-electron chi connectivity index (χ4n) is 1.73. The number of benzene rings is 1. The molecule has 0 aliphatic carbocycles. The van der Waals surface area contributed by atoms with Crippen LogP contribution in [0.3, 0.4) is 0 Å². The molecule has 1 rings (SSSR count). The van der Waals surface area contributed by atoms with Crippen molar-refractivity contribution in [2.24, 2.45) is 11.1 Å². The molecule has 0 saturated carbocycles. The van der Waals surface area contributed by atoms with Crippen LogP contribution in [0.15, 0.2) is 18.2 Å². The molecule has 1 atom stereocenters. The first-order valence-electron chi connectivity index (χ1n) is 6.56. The molecule has 116 valence electrons. The molecular formula is C14H20N2O4S. The third-order valence-corrected chi connectivity index (χ3v) is 3.82. The van der Waals surface area contributed by atoms with E-state index in [1.807, 2.05) is 13.0 Å². The third kappa shape index (κ3) is 6.97. The molecule has 0 aliphatic rings. The zero-order valence-corrected chi connectivity index (χ0v) is 13.0. The minimum atomic E-state index is -3.41. The van der Waals surface area contributed by atoms with Crippen molar-refractivity contribution in [2.75, 3.05) is 19.5 Å². The SMILES string of the molecule is COc1cc(C#N)cc(OCCC(C)CCS(N)(=O)=O)c1. The lowest BCUT2D eigenvalue weighted by molar-refractivity contribution is 0.280.